The zero-order chi connectivity index (χ0) is 23.6. The van der Waals surface area contributed by atoms with Gasteiger partial charge in [0.15, 0.2) is 5.82 Å². The molecule has 0 fully saturated rings. The van der Waals surface area contributed by atoms with Gasteiger partial charge < -0.3 is 0 Å². The highest BCUT2D eigenvalue weighted by Crippen LogP contribution is 2.32. The van der Waals surface area contributed by atoms with Crippen molar-refractivity contribution in [2.75, 3.05) is 0 Å². The van der Waals surface area contributed by atoms with Gasteiger partial charge in [0.2, 0.25) is 24.3 Å². The first kappa shape index (κ1) is 24.1. The van der Waals surface area contributed by atoms with Crippen LogP contribution < -0.4 is 0 Å². The van der Waals surface area contributed by atoms with Crippen molar-refractivity contribution >= 4 is 47.6 Å². The van der Waals surface area contributed by atoms with E-state index in [0.717, 1.165) is 12.1 Å². The third-order valence-electron chi connectivity index (χ3n) is 4.21. The van der Waals surface area contributed by atoms with E-state index >= 15 is 0 Å². The maximum Gasteiger partial charge on any atom is 0.416 e. The molecule has 2 aromatic carbocycles. The Morgan fingerprint density at radius 2 is 1.50 bits per heavy atom. The fourth-order valence-electron chi connectivity index (χ4n) is 2.64. The van der Waals surface area contributed by atoms with Gasteiger partial charge in [0.05, 0.1) is 15.4 Å². The Morgan fingerprint density at radius 1 is 0.875 bits per heavy atom. The van der Waals surface area contributed by atoms with Crippen molar-refractivity contribution in [1.82, 2.24) is 4.98 Å². The van der Waals surface area contributed by atoms with Crippen molar-refractivity contribution in [3.8, 4) is 0 Å². The van der Waals surface area contributed by atoms with Crippen LogP contribution in [0.15, 0.2) is 92.2 Å². The zero-order valence-electron chi connectivity index (χ0n) is 15.9. The van der Waals surface area contributed by atoms with Crippen LogP contribution in [0, 0.1) is 0 Å². The summed E-state index contributed by atoms with van der Waals surface area (Å²) in [6, 6.07) is 12.6. The first-order chi connectivity index (χ1) is 14.9. The average molecular weight is 547 g/mol. The first-order valence-corrected chi connectivity index (χ1v) is 12.7. The van der Waals surface area contributed by atoms with E-state index in [2.05, 4.69) is 25.9 Å². The van der Waals surface area contributed by atoms with Gasteiger partial charge in [0.25, 0.3) is 0 Å². The molecule has 0 amide bonds. The fraction of sp³-hybridized carbons (Fsp3) is 0.100. The van der Waals surface area contributed by atoms with Gasteiger partial charge in [-0.15, -0.1) is 0 Å². The predicted molar refractivity (Wildman–Crippen MR) is 116 cm³/mol. The van der Waals surface area contributed by atoms with Crippen LogP contribution in [0.25, 0.3) is 0 Å². The van der Waals surface area contributed by atoms with Gasteiger partial charge in [-0.2, -0.15) is 13.2 Å². The zero-order valence-corrected chi connectivity index (χ0v) is 19.2. The number of rotatable bonds is 6. The minimum absolute atomic E-state index is 0.0145. The molecule has 1 unspecified atom stereocenters. The maximum absolute atomic E-state index is 13.2. The molecule has 0 saturated carbocycles. The number of pyridine rings is 1. The summed E-state index contributed by atoms with van der Waals surface area (Å²) in [5.74, 6) is 0.0145. The molecule has 32 heavy (non-hydrogen) atoms. The van der Waals surface area contributed by atoms with E-state index in [1.54, 1.807) is 6.07 Å². The quantitative estimate of drug-likeness (QED) is 0.412. The minimum atomic E-state index is -4.84. The summed E-state index contributed by atoms with van der Waals surface area (Å²) in [6.07, 6.45) is -2.78. The highest BCUT2D eigenvalue weighted by molar-refractivity contribution is 9.10. The molecule has 168 valence electrons. The van der Waals surface area contributed by atoms with Crippen molar-refractivity contribution < 1.29 is 30.0 Å². The Labute approximate surface area is 190 Å². The van der Waals surface area contributed by atoms with Crippen LogP contribution in [0.5, 0.6) is 0 Å². The SMILES string of the molecule is O=S(=O)(c1ccccc1)C(C=Nc1ccc(Br)cn1)S(=O)(=O)c1cccc(C(F)(F)F)c1. The van der Waals surface area contributed by atoms with Crippen molar-refractivity contribution in [3.05, 3.63) is 83.0 Å². The number of nitrogens with zero attached hydrogens (tertiary/aromatic N) is 2. The molecule has 1 atom stereocenters. The van der Waals surface area contributed by atoms with Crippen molar-refractivity contribution in [2.24, 2.45) is 4.99 Å². The van der Waals surface area contributed by atoms with Crippen molar-refractivity contribution in [3.63, 3.8) is 0 Å². The molecular weight excluding hydrogens is 533 g/mol. The number of benzene rings is 2. The molecule has 0 aliphatic heterocycles. The van der Waals surface area contributed by atoms with Gasteiger partial charge in [-0.1, -0.05) is 24.3 Å². The summed E-state index contributed by atoms with van der Waals surface area (Å²) in [7, 11) is -9.43. The average Bonchev–Trinajstić information content (AvgIpc) is 2.75. The van der Waals surface area contributed by atoms with E-state index in [0.29, 0.717) is 22.8 Å². The Kier molecular flexibility index (Phi) is 6.86. The van der Waals surface area contributed by atoms with E-state index in [4.69, 9.17) is 0 Å². The van der Waals surface area contributed by atoms with Gasteiger partial charge in [0.1, 0.15) is 0 Å². The third kappa shape index (κ3) is 5.25. The van der Waals surface area contributed by atoms with E-state index in [-0.39, 0.29) is 10.7 Å². The molecule has 1 aromatic heterocycles. The van der Waals surface area contributed by atoms with E-state index in [1.165, 1.54) is 42.6 Å². The molecular formula is C20H14BrF3N2O4S2. The molecule has 0 spiro atoms. The second-order valence-electron chi connectivity index (χ2n) is 6.41. The van der Waals surface area contributed by atoms with Gasteiger partial charge in [-0.25, -0.2) is 26.8 Å². The second-order valence-corrected chi connectivity index (χ2v) is 11.8. The summed E-state index contributed by atoms with van der Waals surface area (Å²) < 4.78 is 90.5. The van der Waals surface area contributed by atoms with E-state index < -0.39 is 40.9 Å². The molecule has 0 aliphatic carbocycles. The van der Waals surface area contributed by atoms with Gasteiger partial charge in [-0.05, 0) is 58.4 Å². The smallest absolute Gasteiger partial charge is 0.239 e. The Hall–Kier alpha value is -2.57. The fourth-order valence-corrected chi connectivity index (χ4v) is 6.95. The molecule has 0 N–H and O–H groups in total. The van der Waals surface area contributed by atoms with E-state index in [1.807, 2.05) is 0 Å². The van der Waals surface area contributed by atoms with Crippen LogP contribution in [-0.4, -0.2) is 32.6 Å². The summed E-state index contributed by atoms with van der Waals surface area (Å²) in [4.78, 5) is 6.67. The lowest BCUT2D eigenvalue weighted by Crippen LogP contribution is -2.32. The topological polar surface area (TPSA) is 93.5 Å². The Bertz CT molecular complexity index is 1340. The summed E-state index contributed by atoms with van der Waals surface area (Å²) >= 11 is 3.17. The lowest BCUT2D eigenvalue weighted by molar-refractivity contribution is -0.137. The number of aliphatic imine (C=N–C) groups is 1. The molecule has 0 saturated heterocycles. The third-order valence-corrected chi connectivity index (χ3v) is 9.51. The second kappa shape index (κ2) is 9.12. The van der Waals surface area contributed by atoms with Crippen LogP contribution >= 0.6 is 15.9 Å². The monoisotopic (exact) mass is 546 g/mol. The molecule has 1 heterocycles. The van der Waals surface area contributed by atoms with Crippen molar-refractivity contribution in [1.29, 1.82) is 0 Å². The predicted octanol–water partition coefficient (Wildman–Crippen LogP) is 4.84. The lowest BCUT2D eigenvalue weighted by atomic mass is 10.2. The Morgan fingerprint density at radius 3 is 2.09 bits per heavy atom. The van der Waals surface area contributed by atoms with Gasteiger partial charge in [-0.3, -0.25) is 0 Å². The number of halogens is 4. The number of aromatic nitrogens is 1. The number of hydrogen-bond acceptors (Lipinski definition) is 6. The molecule has 0 bridgehead atoms. The first-order valence-electron chi connectivity index (χ1n) is 8.78. The molecule has 3 rings (SSSR count). The normalized spacial score (nSPS) is 13.9. The molecule has 6 nitrogen and oxygen atoms in total. The molecule has 12 heteroatoms. The van der Waals surface area contributed by atoms with Gasteiger partial charge in [0, 0.05) is 16.9 Å². The standard InChI is InChI=1S/C20H14BrF3N2O4S2/c21-15-9-10-18(25-12-15)26-13-19(31(27,28)16-6-2-1-3-7-16)32(29,30)17-8-4-5-14(11-17)20(22,23)24/h1-13,19H. The van der Waals surface area contributed by atoms with Gasteiger partial charge >= 0.3 is 6.18 Å². The highest BCUT2D eigenvalue weighted by Gasteiger charge is 2.40. The van der Waals surface area contributed by atoms with Crippen LogP contribution in [0.4, 0.5) is 19.0 Å². The van der Waals surface area contributed by atoms with Crippen LogP contribution in [0.2, 0.25) is 0 Å². The van der Waals surface area contributed by atoms with Crippen LogP contribution in [0.1, 0.15) is 5.56 Å². The molecule has 0 radical (unpaired) electrons. The largest absolute Gasteiger partial charge is 0.416 e. The van der Waals surface area contributed by atoms with Crippen LogP contribution in [0.3, 0.4) is 0 Å². The van der Waals surface area contributed by atoms with Crippen LogP contribution in [-0.2, 0) is 25.9 Å². The number of sulfone groups is 2. The summed E-state index contributed by atoms with van der Waals surface area (Å²) in [6.45, 7) is 0. The summed E-state index contributed by atoms with van der Waals surface area (Å²) in [5.41, 5.74) is -1.22. The Balaban J connectivity index is 2.17. The lowest BCUT2D eigenvalue weighted by Gasteiger charge is -2.16. The molecule has 0 aliphatic rings. The number of hydrogen-bond donors (Lipinski definition) is 0. The summed E-state index contributed by atoms with van der Waals surface area (Å²) in [5, 5.41) is 0. The number of alkyl halides is 3. The van der Waals surface area contributed by atoms with Crippen molar-refractivity contribution in [2.45, 2.75) is 20.5 Å². The maximum atomic E-state index is 13.2. The molecule has 3 aromatic rings. The van der Waals surface area contributed by atoms with E-state index in [9.17, 15) is 30.0 Å². The highest BCUT2D eigenvalue weighted by atomic mass is 79.9. The minimum Gasteiger partial charge on any atom is -0.239 e.